The van der Waals surface area contributed by atoms with Gasteiger partial charge in [-0.15, -0.1) is 0 Å². The van der Waals surface area contributed by atoms with E-state index < -0.39 is 5.54 Å². The molecule has 2 N–H and O–H groups in total. The van der Waals surface area contributed by atoms with Crippen molar-refractivity contribution in [2.45, 2.75) is 37.6 Å². The molecule has 0 bridgehead atoms. The second kappa shape index (κ2) is 4.64. The molecule has 1 atom stereocenters. The molecule has 5 nitrogen and oxygen atoms in total. The van der Waals surface area contributed by atoms with Crippen LogP contribution in [0.1, 0.15) is 32.1 Å². The van der Waals surface area contributed by atoms with E-state index in [9.17, 15) is 14.7 Å². The number of amides is 2. The molecule has 1 heterocycles. The number of aliphatic hydroxyl groups excluding tert-OH is 1. The highest BCUT2D eigenvalue weighted by Crippen LogP contribution is 2.30. The average molecular weight is 240 g/mol. The lowest BCUT2D eigenvalue weighted by molar-refractivity contribution is -0.129. The molecule has 0 aromatic rings. The normalized spacial score (nSPS) is 27.5. The maximum Gasteiger partial charge on any atom is 0.225 e. The van der Waals surface area contributed by atoms with E-state index in [2.05, 4.69) is 5.32 Å². The van der Waals surface area contributed by atoms with Crippen molar-refractivity contribution in [2.75, 3.05) is 20.2 Å². The predicted molar refractivity (Wildman–Crippen MR) is 62.2 cm³/mol. The van der Waals surface area contributed by atoms with Gasteiger partial charge in [-0.25, -0.2) is 0 Å². The summed E-state index contributed by atoms with van der Waals surface area (Å²) < 4.78 is 0. The number of nitrogens with one attached hydrogen (secondary N) is 1. The van der Waals surface area contributed by atoms with Crippen LogP contribution >= 0.6 is 0 Å². The van der Waals surface area contributed by atoms with Gasteiger partial charge in [0.05, 0.1) is 18.1 Å². The number of aliphatic hydroxyl groups is 1. The summed E-state index contributed by atoms with van der Waals surface area (Å²) in [5, 5.41) is 12.4. The van der Waals surface area contributed by atoms with Crippen LogP contribution in [-0.4, -0.2) is 47.6 Å². The van der Waals surface area contributed by atoms with Gasteiger partial charge in [0, 0.05) is 20.0 Å². The average Bonchev–Trinajstić information content (AvgIpc) is 2.88. The Bertz CT molecular complexity index is 324. The molecule has 2 aliphatic rings. The van der Waals surface area contributed by atoms with Crippen LogP contribution in [0.25, 0.3) is 0 Å². The summed E-state index contributed by atoms with van der Waals surface area (Å²) in [6.07, 6.45) is 4.07. The summed E-state index contributed by atoms with van der Waals surface area (Å²) in [6, 6.07) is 0. The maximum atomic E-state index is 12.1. The Labute approximate surface area is 101 Å². The predicted octanol–water partition coefficient (Wildman–Crippen LogP) is -0.114. The van der Waals surface area contributed by atoms with E-state index in [1.54, 1.807) is 11.9 Å². The third-order valence-electron chi connectivity index (χ3n) is 3.96. The molecule has 0 aromatic heterocycles. The fraction of sp³-hybridized carbons (Fsp3) is 0.833. The Morgan fingerprint density at radius 2 is 2.18 bits per heavy atom. The summed E-state index contributed by atoms with van der Waals surface area (Å²) >= 11 is 0. The van der Waals surface area contributed by atoms with Crippen molar-refractivity contribution in [2.24, 2.45) is 5.92 Å². The van der Waals surface area contributed by atoms with Crippen LogP contribution in [-0.2, 0) is 9.59 Å². The number of hydrogen-bond acceptors (Lipinski definition) is 3. The van der Waals surface area contributed by atoms with Crippen molar-refractivity contribution >= 4 is 11.8 Å². The smallest absolute Gasteiger partial charge is 0.225 e. The van der Waals surface area contributed by atoms with Crippen molar-refractivity contribution in [3.05, 3.63) is 0 Å². The van der Waals surface area contributed by atoms with E-state index in [0.29, 0.717) is 13.0 Å². The second-order valence-corrected chi connectivity index (χ2v) is 5.31. The largest absolute Gasteiger partial charge is 0.394 e. The topological polar surface area (TPSA) is 69.6 Å². The molecule has 1 aliphatic heterocycles. The summed E-state index contributed by atoms with van der Waals surface area (Å²) in [5.74, 6) is -0.315. The molecule has 0 spiro atoms. The zero-order valence-electron chi connectivity index (χ0n) is 10.2. The highest BCUT2D eigenvalue weighted by atomic mass is 16.3. The number of likely N-dealkylation sites (tertiary alicyclic amines) is 1. The molecule has 1 saturated carbocycles. The van der Waals surface area contributed by atoms with Gasteiger partial charge >= 0.3 is 0 Å². The van der Waals surface area contributed by atoms with Crippen molar-refractivity contribution in [3.8, 4) is 0 Å². The van der Waals surface area contributed by atoms with Gasteiger partial charge in [0.2, 0.25) is 11.8 Å². The summed E-state index contributed by atoms with van der Waals surface area (Å²) in [5.41, 5.74) is -0.429. The fourth-order valence-corrected chi connectivity index (χ4v) is 2.78. The van der Waals surface area contributed by atoms with Gasteiger partial charge in [0.15, 0.2) is 0 Å². The lowest BCUT2D eigenvalue weighted by Crippen LogP contribution is -2.51. The minimum Gasteiger partial charge on any atom is -0.394 e. The number of rotatable bonds is 3. The van der Waals surface area contributed by atoms with Gasteiger partial charge in [0.1, 0.15) is 0 Å². The minimum atomic E-state index is -0.429. The highest BCUT2D eigenvalue weighted by Gasteiger charge is 2.39. The molecule has 17 heavy (non-hydrogen) atoms. The quantitative estimate of drug-likeness (QED) is 0.723. The summed E-state index contributed by atoms with van der Waals surface area (Å²) in [7, 11) is 1.72. The Morgan fingerprint density at radius 3 is 2.65 bits per heavy atom. The molecule has 0 radical (unpaired) electrons. The van der Waals surface area contributed by atoms with E-state index in [1.807, 2.05) is 0 Å². The van der Waals surface area contributed by atoms with E-state index in [-0.39, 0.29) is 24.3 Å². The Kier molecular flexibility index (Phi) is 3.38. The van der Waals surface area contributed by atoms with E-state index in [4.69, 9.17) is 0 Å². The molecule has 96 valence electrons. The third kappa shape index (κ3) is 2.44. The van der Waals surface area contributed by atoms with Crippen LogP contribution in [0.4, 0.5) is 0 Å². The first-order valence-corrected chi connectivity index (χ1v) is 6.23. The molecular weight excluding hydrogens is 220 g/mol. The molecule has 1 saturated heterocycles. The molecule has 5 heteroatoms. The second-order valence-electron chi connectivity index (χ2n) is 5.31. The van der Waals surface area contributed by atoms with Gasteiger partial charge in [-0.05, 0) is 12.8 Å². The minimum absolute atomic E-state index is 0.00472. The van der Waals surface area contributed by atoms with Crippen LogP contribution in [0, 0.1) is 5.92 Å². The van der Waals surface area contributed by atoms with Crippen molar-refractivity contribution in [1.29, 1.82) is 0 Å². The highest BCUT2D eigenvalue weighted by molar-refractivity contribution is 5.89. The lowest BCUT2D eigenvalue weighted by atomic mass is 9.97. The van der Waals surface area contributed by atoms with Crippen LogP contribution in [0.15, 0.2) is 0 Å². The molecule has 1 unspecified atom stereocenters. The van der Waals surface area contributed by atoms with Gasteiger partial charge in [-0.1, -0.05) is 12.8 Å². The van der Waals surface area contributed by atoms with Crippen LogP contribution in [0.3, 0.4) is 0 Å². The number of carbonyl (C=O) groups is 2. The van der Waals surface area contributed by atoms with E-state index in [1.165, 1.54) is 0 Å². The molecule has 2 rings (SSSR count). The molecule has 0 aromatic carbocycles. The first-order chi connectivity index (χ1) is 8.06. The monoisotopic (exact) mass is 240 g/mol. The molecule has 1 aliphatic carbocycles. The van der Waals surface area contributed by atoms with Gasteiger partial charge < -0.3 is 15.3 Å². The van der Waals surface area contributed by atoms with Crippen LogP contribution < -0.4 is 5.32 Å². The van der Waals surface area contributed by atoms with Crippen molar-refractivity contribution < 1.29 is 14.7 Å². The number of hydrogen-bond donors (Lipinski definition) is 2. The summed E-state index contributed by atoms with van der Waals surface area (Å²) in [4.78, 5) is 25.0. The maximum absolute atomic E-state index is 12.1. The standard InChI is InChI=1S/C12H20N2O3/c1-14-7-9(6-10(14)16)11(17)13-12(8-15)4-2-3-5-12/h9,15H,2-8H2,1H3,(H,13,17). The summed E-state index contributed by atoms with van der Waals surface area (Å²) in [6.45, 7) is 0.488. The molecular formula is C12H20N2O3. The number of carbonyl (C=O) groups excluding carboxylic acids is 2. The third-order valence-corrected chi connectivity index (χ3v) is 3.96. The van der Waals surface area contributed by atoms with E-state index >= 15 is 0 Å². The first-order valence-electron chi connectivity index (χ1n) is 6.23. The number of nitrogens with zero attached hydrogens (tertiary/aromatic N) is 1. The zero-order valence-corrected chi connectivity index (χ0v) is 10.2. The van der Waals surface area contributed by atoms with Crippen molar-refractivity contribution in [1.82, 2.24) is 10.2 Å². The van der Waals surface area contributed by atoms with Crippen molar-refractivity contribution in [3.63, 3.8) is 0 Å². The Balaban J connectivity index is 1.95. The van der Waals surface area contributed by atoms with Gasteiger partial charge in [0.25, 0.3) is 0 Å². The zero-order chi connectivity index (χ0) is 12.5. The Hall–Kier alpha value is -1.10. The van der Waals surface area contributed by atoms with Gasteiger partial charge in [-0.3, -0.25) is 9.59 Å². The fourth-order valence-electron chi connectivity index (χ4n) is 2.78. The van der Waals surface area contributed by atoms with Gasteiger partial charge in [-0.2, -0.15) is 0 Å². The molecule has 2 amide bonds. The van der Waals surface area contributed by atoms with E-state index in [0.717, 1.165) is 25.7 Å². The van der Waals surface area contributed by atoms with Crippen LogP contribution in [0.5, 0.6) is 0 Å². The SMILES string of the molecule is CN1CC(C(=O)NC2(CO)CCCC2)CC1=O. The Morgan fingerprint density at radius 1 is 1.53 bits per heavy atom. The first kappa shape index (κ1) is 12.4. The molecule has 2 fully saturated rings. The lowest BCUT2D eigenvalue weighted by Gasteiger charge is -2.29. The van der Waals surface area contributed by atoms with Crippen LogP contribution in [0.2, 0.25) is 0 Å².